The number of hydrogen-bond acceptors (Lipinski definition) is 5. The Morgan fingerprint density at radius 3 is 2.52 bits per heavy atom. The van der Waals surface area contributed by atoms with Gasteiger partial charge in [0.25, 0.3) is 17.5 Å². The minimum atomic E-state index is -0.581. The van der Waals surface area contributed by atoms with Crippen LogP contribution in [0.3, 0.4) is 0 Å². The first-order valence-corrected chi connectivity index (χ1v) is 8.99. The lowest BCUT2D eigenvalue weighted by molar-refractivity contribution is -0.901. The molecular weight excluding hydrogens is 374 g/mol. The molecule has 2 aromatic carbocycles. The average molecular weight is 392 g/mol. The number of carbonyl (C=O) groups excluding carboxylic acids is 2. The maximum Gasteiger partial charge on any atom is 0.270 e. The molecule has 1 N–H and O–H groups in total. The number of aromatic nitrogens is 2. The fraction of sp³-hybridized carbons (Fsp3) is 0.150. The van der Waals surface area contributed by atoms with Gasteiger partial charge in [-0.1, -0.05) is 18.2 Å². The second-order valence-corrected chi connectivity index (χ2v) is 6.95. The van der Waals surface area contributed by atoms with Gasteiger partial charge in [-0.05, 0) is 18.2 Å². The first-order chi connectivity index (χ1) is 13.9. The molecule has 29 heavy (non-hydrogen) atoms. The summed E-state index contributed by atoms with van der Waals surface area (Å²) in [6.07, 6.45) is 3.66. The first-order valence-electron chi connectivity index (χ1n) is 8.99. The third kappa shape index (κ3) is 3.50. The Labute approximate surface area is 165 Å². The molecule has 0 saturated carbocycles. The molecule has 9 nitrogen and oxygen atoms in total. The summed E-state index contributed by atoms with van der Waals surface area (Å²) in [4.78, 5) is 37.6. The van der Waals surface area contributed by atoms with Crippen molar-refractivity contribution in [3.8, 4) is 5.69 Å². The predicted octanol–water partition coefficient (Wildman–Crippen LogP) is 1.05. The lowest BCUT2D eigenvalue weighted by Crippen LogP contribution is -3.09. The van der Waals surface area contributed by atoms with Crippen molar-refractivity contribution < 1.29 is 19.4 Å². The Kier molecular flexibility index (Phi) is 4.65. The third-order valence-electron chi connectivity index (χ3n) is 4.76. The van der Waals surface area contributed by atoms with E-state index < -0.39 is 16.7 Å². The molecule has 1 aliphatic heterocycles. The summed E-state index contributed by atoms with van der Waals surface area (Å²) in [6, 6.07) is 13.4. The van der Waals surface area contributed by atoms with Crippen molar-refractivity contribution >= 4 is 17.5 Å². The lowest BCUT2D eigenvalue weighted by atomic mass is 10.1. The van der Waals surface area contributed by atoms with E-state index in [0.717, 1.165) is 27.1 Å². The van der Waals surface area contributed by atoms with Crippen LogP contribution in [0.15, 0.2) is 60.9 Å². The fourth-order valence-corrected chi connectivity index (χ4v) is 3.38. The molecule has 1 aromatic heterocycles. The second-order valence-electron chi connectivity index (χ2n) is 6.95. The number of carbonyl (C=O) groups is 2. The number of nitro groups is 1. The third-order valence-corrected chi connectivity index (χ3v) is 4.76. The molecule has 0 radical (unpaired) electrons. The number of hydrogen-bond donors (Lipinski definition) is 1. The summed E-state index contributed by atoms with van der Waals surface area (Å²) in [7, 11) is 1.87. The minimum absolute atomic E-state index is 0.0777. The molecule has 146 valence electrons. The number of quaternary nitrogens is 1. The van der Waals surface area contributed by atoms with Gasteiger partial charge in [0, 0.05) is 23.9 Å². The molecule has 0 saturated heterocycles. The number of nitro benzene ring substituents is 1. The van der Waals surface area contributed by atoms with Crippen LogP contribution in [0.1, 0.15) is 26.3 Å². The van der Waals surface area contributed by atoms with Gasteiger partial charge in [0.05, 0.1) is 35.0 Å². The molecule has 1 aliphatic rings. The fourth-order valence-electron chi connectivity index (χ4n) is 3.38. The topological polar surface area (TPSA) is 103 Å². The molecule has 1 unspecified atom stereocenters. The van der Waals surface area contributed by atoms with Gasteiger partial charge in [0.15, 0.2) is 6.67 Å². The van der Waals surface area contributed by atoms with Crippen molar-refractivity contribution in [1.29, 1.82) is 0 Å². The first kappa shape index (κ1) is 18.5. The Bertz CT molecular complexity index is 1110. The zero-order chi connectivity index (χ0) is 20.5. The highest BCUT2D eigenvalue weighted by Gasteiger charge is 2.38. The monoisotopic (exact) mass is 392 g/mol. The van der Waals surface area contributed by atoms with E-state index in [0.29, 0.717) is 6.54 Å². The highest BCUT2D eigenvalue weighted by atomic mass is 16.6. The van der Waals surface area contributed by atoms with Crippen molar-refractivity contribution in [2.24, 2.45) is 0 Å². The average Bonchev–Trinajstić information content (AvgIpc) is 3.27. The molecule has 3 aromatic rings. The summed E-state index contributed by atoms with van der Waals surface area (Å²) in [6.45, 7) is 0.705. The molecule has 2 heterocycles. The van der Waals surface area contributed by atoms with Gasteiger partial charge >= 0.3 is 0 Å². The van der Waals surface area contributed by atoms with Gasteiger partial charge < -0.3 is 4.90 Å². The van der Waals surface area contributed by atoms with Crippen molar-refractivity contribution in [1.82, 2.24) is 14.7 Å². The van der Waals surface area contributed by atoms with Crippen LogP contribution in [0.25, 0.3) is 5.69 Å². The van der Waals surface area contributed by atoms with Crippen LogP contribution in [0.4, 0.5) is 5.69 Å². The van der Waals surface area contributed by atoms with Crippen molar-refractivity contribution in [3.63, 3.8) is 0 Å². The van der Waals surface area contributed by atoms with E-state index in [1.165, 1.54) is 12.1 Å². The molecule has 1 atom stereocenters. The Hall–Kier alpha value is -3.85. The second kappa shape index (κ2) is 7.28. The minimum Gasteiger partial charge on any atom is -0.316 e. The highest BCUT2D eigenvalue weighted by Crippen LogP contribution is 2.26. The van der Waals surface area contributed by atoms with Crippen LogP contribution in [-0.2, 0) is 6.54 Å². The van der Waals surface area contributed by atoms with Crippen LogP contribution >= 0.6 is 0 Å². The molecule has 0 aliphatic carbocycles. The van der Waals surface area contributed by atoms with Crippen LogP contribution < -0.4 is 4.90 Å². The normalized spacial score (nSPS) is 14.2. The molecular formula is C20H18N5O4+. The Morgan fingerprint density at radius 1 is 1.07 bits per heavy atom. The number of fused-ring (bicyclic) bond motifs is 1. The molecule has 4 rings (SSSR count). The standard InChI is InChI=1S/C20H17N5O4/c1-22(11-14-10-21-24(12-14)15-5-3-2-4-6-15)13-23-19(26)17-8-7-16(25(28)29)9-18(17)20(23)27/h2-10,12H,11,13H2,1H3/p+1. The summed E-state index contributed by atoms with van der Waals surface area (Å²) >= 11 is 0. The number of para-hydroxylation sites is 1. The van der Waals surface area contributed by atoms with E-state index in [9.17, 15) is 19.7 Å². The molecule has 9 heteroatoms. The largest absolute Gasteiger partial charge is 0.316 e. The van der Waals surface area contributed by atoms with E-state index in [1.54, 1.807) is 10.9 Å². The Balaban J connectivity index is 1.46. The van der Waals surface area contributed by atoms with Crippen LogP contribution in [0, 0.1) is 10.1 Å². The van der Waals surface area contributed by atoms with Crippen molar-refractivity contribution in [2.75, 3.05) is 13.7 Å². The number of nitrogens with zero attached hydrogens (tertiary/aromatic N) is 4. The van der Waals surface area contributed by atoms with E-state index in [4.69, 9.17) is 0 Å². The summed E-state index contributed by atoms with van der Waals surface area (Å²) in [5.41, 5.74) is 1.97. The van der Waals surface area contributed by atoms with Gasteiger partial charge in [0.1, 0.15) is 6.54 Å². The van der Waals surface area contributed by atoms with Gasteiger partial charge in [-0.15, -0.1) is 0 Å². The van der Waals surface area contributed by atoms with Gasteiger partial charge in [0.2, 0.25) is 0 Å². The molecule has 0 bridgehead atoms. The molecule has 0 fully saturated rings. The van der Waals surface area contributed by atoms with Gasteiger partial charge in [-0.25, -0.2) is 9.58 Å². The van der Waals surface area contributed by atoms with Crippen LogP contribution in [-0.4, -0.2) is 45.1 Å². The van der Waals surface area contributed by atoms with E-state index >= 15 is 0 Å². The zero-order valence-electron chi connectivity index (χ0n) is 15.6. The number of amides is 2. The number of benzene rings is 2. The number of nitrogens with one attached hydrogen (secondary N) is 1. The van der Waals surface area contributed by atoms with Gasteiger partial charge in [-0.3, -0.25) is 19.7 Å². The summed E-state index contributed by atoms with van der Waals surface area (Å²) in [5, 5.41) is 15.3. The summed E-state index contributed by atoms with van der Waals surface area (Å²) in [5.74, 6) is -0.938. The maximum absolute atomic E-state index is 12.6. The zero-order valence-corrected chi connectivity index (χ0v) is 15.6. The van der Waals surface area contributed by atoms with Crippen molar-refractivity contribution in [3.05, 3.63) is 87.7 Å². The van der Waals surface area contributed by atoms with Crippen LogP contribution in [0.5, 0.6) is 0 Å². The van der Waals surface area contributed by atoms with E-state index in [2.05, 4.69) is 5.10 Å². The van der Waals surface area contributed by atoms with Gasteiger partial charge in [-0.2, -0.15) is 5.10 Å². The van der Waals surface area contributed by atoms with Crippen LogP contribution in [0.2, 0.25) is 0 Å². The number of imide groups is 1. The lowest BCUT2D eigenvalue weighted by Gasteiger charge is -2.19. The SMILES string of the molecule is C[NH+](Cc1cnn(-c2ccccc2)c1)CN1C(=O)c2ccc([N+](=O)[O-])cc2C1=O. The Morgan fingerprint density at radius 2 is 1.79 bits per heavy atom. The van der Waals surface area contributed by atoms with E-state index in [1.807, 2.05) is 43.6 Å². The number of rotatable bonds is 6. The van der Waals surface area contributed by atoms with Crippen molar-refractivity contribution in [2.45, 2.75) is 6.54 Å². The van der Waals surface area contributed by atoms with E-state index in [-0.39, 0.29) is 23.5 Å². The maximum atomic E-state index is 12.6. The molecule has 2 amide bonds. The number of non-ortho nitro benzene ring substituents is 1. The highest BCUT2D eigenvalue weighted by molar-refractivity contribution is 6.21. The smallest absolute Gasteiger partial charge is 0.270 e. The summed E-state index contributed by atoms with van der Waals surface area (Å²) < 4.78 is 1.77. The predicted molar refractivity (Wildman–Crippen MR) is 103 cm³/mol. The quantitative estimate of drug-likeness (QED) is 0.384. The molecule has 0 spiro atoms.